The van der Waals surface area contributed by atoms with Gasteiger partial charge in [-0.25, -0.2) is 9.97 Å². The van der Waals surface area contributed by atoms with Gasteiger partial charge in [0.1, 0.15) is 18.0 Å². The van der Waals surface area contributed by atoms with Gasteiger partial charge in [0, 0.05) is 24.6 Å². The van der Waals surface area contributed by atoms with Gasteiger partial charge in [0.05, 0.1) is 6.61 Å². The predicted molar refractivity (Wildman–Crippen MR) is 77.4 cm³/mol. The Kier molecular flexibility index (Phi) is 4.58. The summed E-state index contributed by atoms with van der Waals surface area (Å²) in [6, 6.07) is 0. The van der Waals surface area contributed by atoms with E-state index in [0.717, 1.165) is 43.0 Å². The largest absolute Gasteiger partial charge is 0.396 e. The van der Waals surface area contributed by atoms with E-state index in [0.29, 0.717) is 0 Å². The molecule has 1 aromatic heterocycles. The van der Waals surface area contributed by atoms with E-state index < -0.39 is 0 Å². The van der Waals surface area contributed by atoms with Crippen molar-refractivity contribution in [2.75, 3.05) is 30.8 Å². The molecule has 0 atom stereocenters. The minimum atomic E-state index is 0.0375. The zero-order chi connectivity index (χ0) is 13.7. The molecule has 3 N–H and O–H groups in total. The maximum atomic E-state index is 9.64. The van der Waals surface area contributed by atoms with Gasteiger partial charge < -0.3 is 15.7 Å². The van der Waals surface area contributed by atoms with Crippen LogP contribution >= 0.6 is 0 Å². The number of nitrogens with zero attached hydrogens (tertiary/aromatic N) is 2. The molecule has 0 amide bonds. The van der Waals surface area contributed by atoms with Crippen molar-refractivity contribution in [2.45, 2.75) is 39.0 Å². The minimum Gasteiger partial charge on any atom is -0.396 e. The number of nitrogens with one attached hydrogen (secondary N) is 2. The van der Waals surface area contributed by atoms with Crippen LogP contribution in [0.5, 0.6) is 0 Å². The third kappa shape index (κ3) is 2.97. The lowest BCUT2D eigenvalue weighted by atomic mass is 9.87. The maximum absolute atomic E-state index is 9.64. The molecular weight excluding hydrogens is 240 g/mol. The van der Waals surface area contributed by atoms with E-state index in [1.807, 2.05) is 7.05 Å². The van der Waals surface area contributed by atoms with Crippen molar-refractivity contribution >= 4 is 11.6 Å². The number of rotatable bonds is 6. The quantitative estimate of drug-likeness (QED) is 0.733. The SMILES string of the molecule is CCc1c(NC)ncnc1NCC1(CO)CCCC1. The van der Waals surface area contributed by atoms with Crippen molar-refractivity contribution in [3.8, 4) is 0 Å². The minimum absolute atomic E-state index is 0.0375. The summed E-state index contributed by atoms with van der Waals surface area (Å²) in [6.45, 7) is 3.14. The van der Waals surface area contributed by atoms with Crippen molar-refractivity contribution < 1.29 is 5.11 Å². The summed E-state index contributed by atoms with van der Waals surface area (Å²) in [6.07, 6.45) is 7.09. The second-order valence-electron chi connectivity index (χ2n) is 5.37. The average Bonchev–Trinajstić information content (AvgIpc) is 2.94. The molecule has 0 aliphatic heterocycles. The molecule has 0 aromatic carbocycles. The maximum Gasteiger partial charge on any atom is 0.134 e. The average molecular weight is 264 g/mol. The van der Waals surface area contributed by atoms with Gasteiger partial charge in [0.2, 0.25) is 0 Å². The van der Waals surface area contributed by atoms with E-state index in [2.05, 4.69) is 27.5 Å². The van der Waals surface area contributed by atoms with Gasteiger partial charge in [0.25, 0.3) is 0 Å². The highest BCUT2D eigenvalue weighted by Crippen LogP contribution is 2.37. The van der Waals surface area contributed by atoms with Crippen molar-refractivity contribution in [3.63, 3.8) is 0 Å². The Hall–Kier alpha value is -1.36. The van der Waals surface area contributed by atoms with Crippen LogP contribution in [0.4, 0.5) is 11.6 Å². The Bertz CT molecular complexity index is 416. The molecule has 19 heavy (non-hydrogen) atoms. The number of hydrogen-bond acceptors (Lipinski definition) is 5. The van der Waals surface area contributed by atoms with Crippen LogP contribution in [-0.2, 0) is 6.42 Å². The molecule has 1 saturated carbocycles. The normalized spacial score (nSPS) is 17.4. The highest BCUT2D eigenvalue weighted by atomic mass is 16.3. The van der Waals surface area contributed by atoms with E-state index in [-0.39, 0.29) is 12.0 Å². The molecule has 0 spiro atoms. The third-order valence-corrected chi connectivity index (χ3v) is 4.17. The van der Waals surface area contributed by atoms with Crippen LogP contribution in [0.25, 0.3) is 0 Å². The van der Waals surface area contributed by atoms with Crippen LogP contribution in [0.15, 0.2) is 6.33 Å². The molecule has 0 unspecified atom stereocenters. The molecule has 1 fully saturated rings. The van der Waals surface area contributed by atoms with E-state index in [4.69, 9.17) is 0 Å². The van der Waals surface area contributed by atoms with Gasteiger partial charge in [-0.2, -0.15) is 0 Å². The van der Waals surface area contributed by atoms with Crippen molar-refractivity contribution in [2.24, 2.45) is 5.41 Å². The summed E-state index contributed by atoms with van der Waals surface area (Å²) in [5.41, 5.74) is 1.14. The number of aromatic nitrogens is 2. The number of anilines is 2. The molecule has 2 rings (SSSR count). The summed E-state index contributed by atoms with van der Waals surface area (Å²) >= 11 is 0. The van der Waals surface area contributed by atoms with Gasteiger partial charge in [-0.3, -0.25) is 0 Å². The van der Waals surface area contributed by atoms with Crippen LogP contribution in [0.1, 0.15) is 38.2 Å². The number of aliphatic hydroxyl groups is 1. The Morgan fingerprint density at radius 3 is 2.53 bits per heavy atom. The molecule has 5 heteroatoms. The zero-order valence-corrected chi connectivity index (χ0v) is 11.9. The first-order valence-electron chi connectivity index (χ1n) is 7.11. The van der Waals surface area contributed by atoms with E-state index in [1.54, 1.807) is 6.33 Å². The first-order valence-corrected chi connectivity index (χ1v) is 7.11. The van der Waals surface area contributed by atoms with Gasteiger partial charge in [-0.1, -0.05) is 19.8 Å². The fraction of sp³-hybridized carbons (Fsp3) is 0.714. The molecule has 1 heterocycles. The third-order valence-electron chi connectivity index (χ3n) is 4.17. The Morgan fingerprint density at radius 2 is 1.95 bits per heavy atom. The first-order chi connectivity index (χ1) is 9.24. The lowest BCUT2D eigenvalue weighted by molar-refractivity contribution is 0.142. The summed E-state index contributed by atoms with van der Waals surface area (Å²) in [5, 5.41) is 16.2. The van der Waals surface area contributed by atoms with Crippen molar-refractivity contribution in [1.82, 2.24) is 9.97 Å². The standard InChI is InChI=1S/C14H24N4O/c1-3-11-12(15-2)17-10-18-13(11)16-8-14(9-19)6-4-5-7-14/h10,19H,3-9H2,1-2H3,(H2,15,16,17,18). The van der Waals surface area contributed by atoms with Gasteiger partial charge in [-0.15, -0.1) is 0 Å². The highest BCUT2D eigenvalue weighted by molar-refractivity contribution is 5.57. The van der Waals surface area contributed by atoms with E-state index in [9.17, 15) is 5.11 Å². The molecule has 5 nitrogen and oxygen atoms in total. The number of aliphatic hydroxyl groups excluding tert-OH is 1. The lowest BCUT2D eigenvalue weighted by Gasteiger charge is -2.27. The van der Waals surface area contributed by atoms with Crippen LogP contribution in [0.2, 0.25) is 0 Å². The molecule has 1 aromatic rings. The smallest absolute Gasteiger partial charge is 0.134 e. The monoisotopic (exact) mass is 264 g/mol. The van der Waals surface area contributed by atoms with Crippen molar-refractivity contribution in [1.29, 1.82) is 0 Å². The molecule has 1 aliphatic carbocycles. The van der Waals surface area contributed by atoms with Gasteiger partial charge in [-0.05, 0) is 19.3 Å². The molecule has 0 saturated heterocycles. The Balaban J connectivity index is 2.10. The zero-order valence-electron chi connectivity index (χ0n) is 11.9. The fourth-order valence-electron chi connectivity index (χ4n) is 2.90. The fourth-order valence-corrected chi connectivity index (χ4v) is 2.90. The molecule has 0 bridgehead atoms. The predicted octanol–water partition coefficient (Wildman–Crippen LogP) is 2.05. The topological polar surface area (TPSA) is 70.1 Å². The lowest BCUT2D eigenvalue weighted by Crippen LogP contribution is -2.31. The van der Waals surface area contributed by atoms with Crippen LogP contribution in [0, 0.1) is 5.41 Å². The second-order valence-corrected chi connectivity index (χ2v) is 5.37. The summed E-state index contributed by atoms with van der Waals surface area (Å²) < 4.78 is 0. The summed E-state index contributed by atoms with van der Waals surface area (Å²) in [4.78, 5) is 8.57. The summed E-state index contributed by atoms with van der Waals surface area (Å²) in [5.74, 6) is 1.77. The van der Waals surface area contributed by atoms with Crippen molar-refractivity contribution in [3.05, 3.63) is 11.9 Å². The van der Waals surface area contributed by atoms with Gasteiger partial charge in [0.15, 0.2) is 0 Å². The number of hydrogen-bond donors (Lipinski definition) is 3. The molecule has 0 radical (unpaired) electrons. The highest BCUT2D eigenvalue weighted by Gasteiger charge is 2.33. The van der Waals surface area contributed by atoms with E-state index >= 15 is 0 Å². The second kappa shape index (κ2) is 6.19. The first kappa shape index (κ1) is 14.1. The molecule has 1 aliphatic rings. The Morgan fingerprint density at radius 1 is 1.26 bits per heavy atom. The van der Waals surface area contributed by atoms with Gasteiger partial charge >= 0.3 is 0 Å². The summed E-state index contributed by atoms with van der Waals surface area (Å²) in [7, 11) is 1.87. The Labute approximate surface area is 114 Å². The van der Waals surface area contributed by atoms with E-state index in [1.165, 1.54) is 12.8 Å². The van der Waals surface area contributed by atoms with Crippen LogP contribution in [-0.4, -0.2) is 35.3 Å². The van der Waals surface area contributed by atoms with Crippen LogP contribution < -0.4 is 10.6 Å². The molecule has 106 valence electrons. The molecular formula is C14H24N4O. The van der Waals surface area contributed by atoms with Crippen LogP contribution in [0.3, 0.4) is 0 Å².